The molecule has 5 heteroatoms. The molecule has 1 unspecified atom stereocenters. The Morgan fingerprint density at radius 1 is 1.11 bits per heavy atom. The van der Waals surface area contributed by atoms with Crippen LogP contribution in [0.4, 0.5) is 0 Å². The van der Waals surface area contributed by atoms with Crippen molar-refractivity contribution in [1.82, 2.24) is 5.32 Å². The average Bonchev–Trinajstić information content (AvgIpc) is 2.92. The molecule has 0 radical (unpaired) electrons. The Bertz CT molecular complexity index is 537. The fourth-order valence-electron chi connectivity index (χ4n) is 1.42. The van der Waals surface area contributed by atoms with Gasteiger partial charge in [-0.1, -0.05) is 24.3 Å². The lowest BCUT2D eigenvalue weighted by atomic mass is 10.2. The molecule has 2 rings (SSSR count). The highest BCUT2D eigenvalue weighted by Crippen LogP contribution is 2.11. The molecule has 1 heterocycles. The van der Waals surface area contributed by atoms with E-state index in [9.17, 15) is 14.7 Å². The first-order chi connectivity index (χ1) is 8.68. The van der Waals surface area contributed by atoms with E-state index in [1.807, 2.05) is 0 Å². The molecule has 0 aliphatic heterocycles. The maximum absolute atomic E-state index is 11.7. The maximum atomic E-state index is 11.7. The third-order valence-corrected chi connectivity index (χ3v) is 3.20. The fraction of sp³-hybridized carbons (Fsp3) is 0.0769. The summed E-state index contributed by atoms with van der Waals surface area (Å²) in [7, 11) is 0. The molecule has 2 aromatic rings. The molecule has 1 amide bonds. The first-order valence-corrected chi connectivity index (χ1v) is 6.18. The van der Waals surface area contributed by atoms with Crippen molar-refractivity contribution >= 4 is 23.0 Å². The molecule has 0 spiro atoms. The van der Waals surface area contributed by atoms with Gasteiger partial charge in [0.25, 0.3) is 5.91 Å². The van der Waals surface area contributed by atoms with Crippen molar-refractivity contribution in [2.45, 2.75) is 6.23 Å². The Kier molecular flexibility index (Phi) is 3.86. The smallest absolute Gasteiger partial charge is 0.253 e. The summed E-state index contributed by atoms with van der Waals surface area (Å²) >= 11 is 1.22. The maximum Gasteiger partial charge on any atom is 0.253 e. The highest BCUT2D eigenvalue weighted by atomic mass is 32.1. The number of aliphatic hydroxyl groups excluding tert-OH is 1. The van der Waals surface area contributed by atoms with Crippen LogP contribution in [0.2, 0.25) is 0 Å². The predicted molar refractivity (Wildman–Crippen MR) is 68.6 cm³/mol. The SMILES string of the molecule is O=C(NC(O)C(=O)c1cccs1)c1ccccc1. The van der Waals surface area contributed by atoms with E-state index in [2.05, 4.69) is 5.32 Å². The van der Waals surface area contributed by atoms with Crippen molar-refractivity contribution in [2.75, 3.05) is 0 Å². The average molecular weight is 261 g/mol. The second-order valence-electron chi connectivity index (χ2n) is 3.58. The van der Waals surface area contributed by atoms with E-state index in [1.54, 1.807) is 47.8 Å². The number of Topliss-reactive ketones (excluding diaryl/α,β-unsaturated/α-hetero) is 1. The fourth-order valence-corrected chi connectivity index (χ4v) is 2.10. The number of aliphatic hydroxyl groups is 1. The summed E-state index contributed by atoms with van der Waals surface area (Å²) in [5.74, 6) is -0.984. The van der Waals surface area contributed by atoms with Gasteiger partial charge in [0.15, 0.2) is 6.23 Å². The molecule has 18 heavy (non-hydrogen) atoms. The van der Waals surface area contributed by atoms with Crippen LogP contribution >= 0.6 is 11.3 Å². The number of benzene rings is 1. The van der Waals surface area contributed by atoms with E-state index < -0.39 is 17.9 Å². The number of amides is 1. The van der Waals surface area contributed by atoms with Crippen LogP contribution in [0.1, 0.15) is 20.0 Å². The van der Waals surface area contributed by atoms with Gasteiger partial charge in [-0.2, -0.15) is 0 Å². The molecule has 0 aliphatic carbocycles. The molecule has 2 N–H and O–H groups in total. The first kappa shape index (κ1) is 12.5. The van der Waals surface area contributed by atoms with Gasteiger partial charge in [-0.05, 0) is 23.6 Å². The van der Waals surface area contributed by atoms with E-state index in [0.717, 1.165) is 0 Å². The second kappa shape index (κ2) is 5.57. The van der Waals surface area contributed by atoms with Gasteiger partial charge < -0.3 is 10.4 Å². The molecule has 0 saturated carbocycles. The number of ketones is 1. The number of carbonyl (C=O) groups is 2. The van der Waals surface area contributed by atoms with Gasteiger partial charge in [-0.15, -0.1) is 11.3 Å². The molecular weight excluding hydrogens is 250 g/mol. The Balaban J connectivity index is 2.02. The van der Waals surface area contributed by atoms with E-state index in [-0.39, 0.29) is 0 Å². The van der Waals surface area contributed by atoms with Crippen LogP contribution < -0.4 is 5.32 Å². The van der Waals surface area contributed by atoms with Crippen LogP contribution in [0.3, 0.4) is 0 Å². The summed E-state index contributed by atoms with van der Waals surface area (Å²) in [5.41, 5.74) is 0.399. The number of carbonyl (C=O) groups excluding carboxylic acids is 2. The molecule has 0 aliphatic rings. The summed E-state index contributed by atoms with van der Waals surface area (Å²) in [5, 5.41) is 13.6. The molecule has 1 atom stereocenters. The number of nitrogens with one attached hydrogen (secondary N) is 1. The number of thiophene rings is 1. The van der Waals surface area contributed by atoms with Crippen LogP contribution in [0.5, 0.6) is 0 Å². The van der Waals surface area contributed by atoms with E-state index >= 15 is 0 Å². The Labute approximate surface area is 108 Å². The minimum atomic E-state index is -1.52. The minimum Gasteiger partial charge on any atom is -0.367 e. The van der Waals surface area contributed by atoms with Crippen molar-refractivity contribution in [3.8, 4) is 0 Å². The Morgan fingerprint density at radius 3 is 2.44 bits per heavy atom. The minimum absolute atomic E-state index is 0.399. The lowest BCUT2D eigenvalue weighted by molar-refractivity contribution is 0.0610. The van der Waals surface area contributed by atoms with Gasteiger partial charge in [-0.25, -0.2) is 0 Å². The van der Waals surface area contributed by atoms with E-state index in [1.165, 1.54) is 11.3 Å². The molecule has 1 aromatic carbocycles. The zero-order valence-electron chi connectivity index (χ0n) is 9.37. The Hall–Kier alpha value is -1.98. The van der Waals surface area contributed by atoms with Crippen molar-refractivity contribution in [3.63, 3.8) is 0 Å². The lowest BCUT2D eigenvalue weighted by Gasteiger charge is -2.10. The van der Waals surface area contributed by atoms with Crippen LogP contribution in [0.25, 0.3) is 0 Å². The van der Waals surface area contributed by atoms with Crippen LogP contribution in [-0.2, 0) is 0 Å². The van der Waals surface area contributed by atoms with Crippen LogP contribution in [0, 0.1) is 0 Å². The van der Waals surface area contributed by atoms with E-state index in [4.69, 9.17) is 0 Å². The Morgan fingerprint density at radius 2 is 1.83 bits per heavy atom. The van der Waals surface area contributed by atoms with Gasteiger partial charge in [0.1, 0.15) is 0 Å². The lowest BCUT2D eigenvalue weighted by Crippen LogP contribution is -2.40. The van der Waals surface area contributed by atoms with Gasteiger partial charge in [-0.3, -0.25) is 9.59 Å². The van der Waals surface area contributed by atoms with Crippen molar-refractivity contribution in [1.29, 1.82) is 0 Å². The zero-order valence-corrected chi connectivity index (χ0v) is 10.2. The number of hydrogen-bond acceptors (Lipinski definition) is 4. The number of hydrogen-bond donors (Lipinski definition) is 2. The van der Waals surface area contributed by atoms with Gasteiger partial charge >= 0.3 is 0 Å². The van der Waals surface area contributed by atoms with Crippen LogP contribution in [0.15, 0.2) is 47.8 Å². The summed E-state index contributed by atoms with van der Waals surface area (Å²) in [6, 6.07) is 11.7. The van der Waals surface area contributed by atoms with Gasteiger partial charge in [0.05, 0.1) is 4.88 Å². The third-order valence-electron chi connectivity index (χ3n) is 2.32. The molecule has 0 saturated heterocycles. The van der Waals surface area contributed by atoms with Gasteiger partial charge in [0.2, 0.25) is 5.78 Å². The topological polar surface area (TPSA) is 66.4 Å². The summed E-state index contributed by atoms with van der Waals surface area (Å²) in [4.78, 5) is 23.8. The molecular formula is C13H11NO3S. The standard InChI is InChI=1S/C13H11NO3S/c15-11(10-7-4-8-18-10)13(17)14-12(16)9-5-2-1-3-6-9/h1-8,13,17H,(H,14,16). The summed E-state index contributed by atoms with van der Waals surface area (Å²) in [6.45, 7) is 0. The summed E-state index contributed by atoms with van der Waals surface area (Å²) in [6.07, 6.45) is -1.52. The molecule has 4 nitrogen and oxygen atoms in total. The quantitative estimate of drug-likeness (QED) is 0.650. The molecule has 0 bridgehead atoms. The zero-order chi connectivity index (χ0) is 13.0. The molecule has 92 valence electrons. The largest absolute Gasteiger partial charge is 0.367 e. The molecule has 0 fully saturated rings. The third kappa shape index (κ3) is 2.82. The molecule has 1 aromatic heterocycles. The van der Waals surface area contributed by atoms with Crippen molar-refractivity contribution in [2.24, 2.45) is 0 Å². The number of rotatable bonds is 4. The monoisotopic (exact) mass is 261 g/mol. The highest BCUT2D eigenvalue weighted by molar-refractivity contribution is 7.12. The van der Waals surface area contributed by atoms with Crippen molar-refractivity contribution < 1.29 is 14.7 Å². The van der Waals surface area contributed by atoms with Crippen LogP contribution in [-0.4, -0.2) is 23.0 Å². The first-order valence-electron chi connectivity index (χ1n) is 5.30. The van der Waals surface area contributed by atoms with E-state index in [0.29, 0.717) is 10.4 Å². The normalized spacial score (nSPS) is 11.8. The highest BCUT2D eigenvalue weighted by Gasteiger charge is 2.20. The van der Waals surface area contributed by atoms with Gasteiger partial charge in [0, 0.05) is 5.56 Å². The predicted octanol–water partition coefficient (Wildman–Crippen LogP) is 1.68. The second-order valence-corrected chi connectivity index (χ2v) is 4.53. The van der Waals surface area contributed by atoms with Crippen molar-refractivity contribution in [3.05, 3.63) is 58.3 Å². The summed E-state index contributed by atoms with van der Waals surface area (Å²) < 4.78 is 0.